The maximum absolute atomic E-state index is 12.3. The Morgan fingerprint density at radius 1 is 1.00 bits per heavy atom. The molecule has 136 valence electrons. The molecule has 0 saturated heterocycles. The molecule has 4 aliphatic carbocycles. The fourth-order valence-corrected chi connectivity index (χ4v) is 8.34. The molecule has 0 N–H and O–H groups in total. The van der Waals surface area contributed by atoms with Crippen molar-refractivity contribution in [1.29, 1.82) is 0 Å². The molecule has 0 heterocycles. The SMILES string of the molecule is CCC[C@@H]1CC[C@H]2[C@@H]3CCC4CC(=O)C(C)C[C@]4(C)[C@H]3CC[C@]12C. The van der Waals surface area contributed by atoms with Crippen LogP contribution in [0.15, 0.2) is 0 Å². The Hall–Kier alpha value is -0.330. The summed E-state index contributed by atoms with van der Waals surface area (Å²) in [6.45, 7) is 9.81. The highest BCUT2D eigenvalue weighted by Crippen LogP contribution is 2.67. The summed E-state index contributed by atoms with van der Waals surface area (Å²) in [5.74, 6) is 5.41. The van der Waals surface area contributed by atoms with Crippen LogP contribution >= 0.6 is 0 Å². The minimum Gasteiger partial charge on any atom is -0.299 e. The van der Waals surface area contributed by atoms with Crippen LogP contribution in [0, 0.1) is 46.3 Å². The van der Waals surface area contributed by atoms with E-state index in [0.29, 0.717) is 28.4 Å². The van der Waals surface area contributed by atoms with Crippen LogP contribution in [-0.4, -0.2) is 5.78 Å². The Labute approximate surface area is 149 Å². The number of fused-ring (bicyclic) bond motifs is 5. The first-order valence-electron chi connectivity index (χ1n) is 10.9. The van der Waals surface area contributed by atoms with E-state index < -0.39 is 0 Å². The molecule has 0 spiro atoms. The molecule has 0 aromatic heterocycles. The van der Waals surface area contributed by atoms with E-state index in [0.717, 1.165) is 30.1 Å². The molecule has 0 bridgehead atoms. The maximum Gasteiger partial charge on any atom is 0.136 e. The van der Waals surface area contributed by atoms with Gasteiger partial charge < -0.3 is 0 Å². The van der Waals surface area contributed by atoms with Gasteiger partial charge in [-0.1, -0.05) is 40.5 Å². The van der Waals surface area contributed by atoms with Crippen LogP contribution in [0.5, 0.6) is 0 Å². The lowest BCUT2D eigenvalue weighted by Crippen LogP contribution is -2.54. The normalized spacial score (nSPS) is 54.1. The van der Waals surface area contributed by atoms with Crippen molar-refractivity contribution in [2.45, 2.75) is 91.9 Å². The van der Waals surface area contributed by atoms with Crippen LogP contribution in [0.3, 0.4) is 0 Å². The van der Waals surface area contributed by atoms with Gasteiger partial charge in [0.1, 0.15) is 5.78 Å². The van der Waals surface area contributed by atoms with Crippen molar-refractivity contribution in [1.82, 2.24) is 0 Å². The van der Waals surface area contributed by atoms with Crippen molar-refractivity contribution in [2.24, 2.45) is 46.3 Å². The quantitative estimate of drug-likeness (QED) is 0.584. The molecule has 2 unspecified atom stereocenters. The molecule has 4 saturated carbocycles. The predicted molar refractivity (Wildman–Crippen MR) is 99.7 cm³/mol. The van der Waals surface area contributed by atoms with Gasteiger partial charge in [0.25, 0.3) is 0 Å². The number of ketones is 1. The lowest BCUT2D eigenvalue weighted by Gasteiger charge is -2.61. The van der Waals surface area contributed by atoms with Crippen molar-refractivity contribution in [3.63, 3.8) is 0 Å². The lowest BCUT2D eigenvalue weighted by atomic mass is 9.44. The van der Waals surface area contributed by atoms with Gasteiger partial charge in [-0.25, -0.2) is 0 Å². The molecule has 0 aromatic rings. The topological polar surface area (TPSA) is 17.1 Å². The van der Waals surface area contributed by atoms with Crippen molar-refractivity contribution < 1.29 is 4.79 Å². The molecule has 0 amide bonds. The second-order valence-electron chi connectivity index (χ2n) is 10.5. The monoisotopic (exact) mass is 330 g/mol. The van der Waals surface area contributed by atoms with E-state index in [-0.39, 0.29) is 0 Å². The molecular formula is C23H38O. The number of hydrogen-bond donors (Lipinski definition) is 0. The maximum atomic E-state index is 12.3. The number of rotatable bonds is 2. The highest BCUT2D eigenvalue weighted by molar-refractivity contribution is 5.82. The standard InChI is InChI=1S/C23H38O/c1-5-6-16-8-10-19-18-9-7-17-13-21(24)15(2)14-23(17,4)20(18)11-12-22(16,19)3/h15-20H,5-14H2,1-4H3/t15?,16-,17?,18+,19+,20+,22-,23+/m1/s1. The summed E-state index contributed by atoms with van der Waals surface area (Å²) in [6.07, 6.45) is 13.6. The summed E-state index contributed by atoms with van der Waals surface area (Å²) in [7, 11) is 0. The first kappa shape index (κ1) is 17.1. The van der Waals surface area contributed by atoms with Crippen molar-refractivity contribution in [3.05, 3.63) is 0 Å². The van der Waals surface area contributed by atoms with E-state index in [1.165, 1.54) is 57.8 Å². The summed E-state index contributed by atoms with van der Waals surface area (Å²) >= 11 is 0. The summed E-state index contributed by atoms with van der Waals surface area (Å²) in [5, 5.41) is 0. The number of hydrogen-bond acceptors (Lipinski definition) is 1. The molecule has 0 aliphatic heterocycles. The Bertz CT molecular complexity index is 510. The van der Waals surface area contributed by atoms with Gasteiger partial charge in [0.2, 0.25) is 0 Å². The lowest BCUT2D eigenvalue weighted by molar-refractivity contribution is -0.146. The van der Waals surface area contributed by atoms with Gasteiger partial charge in [-0.3, -0.25) is 4.79 Å². The summed E-state index contributed by atoms with van der Waals surface area (Å²) in [5.41, 5.74) is 1.09. The highest BCUT2D eigenvalue weighted by Gasteiger charge is 2.60. The molecule has 4 rings (SSSR count). The van der Waals surface area contributed by atoms with Crippen LogP contribution in [0.4, 0.5) is 0 Å². The van der Waals surface area contributed by atoms with E-state index in [9.17, 15) is 4.79 Å². The van der Waals surface area contributed by atoms with Crippen LogP contribution in [0.1, 0.15) is 91.9 Å². The molecule has 4 aliphatic rings. The second-order valence-corrected chi connectivity index (χ2v) is 10.5. The summed E-state index contributed by atoms with van der Waals surface area (Å²) in [6, 6.07) is 0. The minimum atomic E-state index is 0.315. The zero-order valence-electron chi connectivity index (χ0n) is 16.4. The molecule has 0 radical (unpaired) electrons. The minimum absolute atomic E-state index is 0.315. The summed E-state index contributed by atoms with van der Waals surface area (Å²) in [4.78, 5) is 12.3. The van der Waals surface area contributed by atoms with E-state index in [1.54, 1.807) is 0 Å². The Morgan fingerprint density at radius 3 is 2.50 bits per heavy atom. The zero-order chi connectivity index (χ0) is 17.1. The number of carbonyl (C=O) groups is 1. The second kappa shape index (κ2) is 5.85. The van der Waals surface area contributed by atoms with Gasteiger partial charge >= 0.3 is 0 Å². The van der Waals surface area contributed by atoms with Gasteiger partial charge in [-0.2, -0.15) is 0 Å². The Morgan fingerprint density at radius 2 is 1.75 bits per heavy atom. The van der Waals surface area contributed by atoms with Crippen LogP contribution in [0.25, 0.3) is 0 Å². The van der Waals surface area contributed by atoms with Gasteiger partial charge in [0, 0.05) is 12.3 Å². The third-order valence-corrected chi connectivity index (χ3v) is 9.64. The fourth-order valence-electron chi connectivity index (χ4n) is 8.34. The van der Waals surface area contributed by atoms with Gasteiger partial charge in [-0.05, 0) is 85.4 Å². The number of carbonyl (C=O) groups excluding carboxylic acids is 1. The Kier molecular flexibility index (Phi) is 4.17. The zero-order valence-corrected chi connectivity index (χ0v) is 16.4. The molecule has 8 atom stereocenters. The summed E-state index contributed by atoms with van der Waals surface area (Å²) < 4.78 is 0. The van der Waals surface area contributed by atoms with Crippen LogP contribution in [0.2, 0.25) is 0 Å². The van der Waals surface area contributed by atoms with E-state index >= 15 is 0 Å². The molecular weight excluding hydrogens is 292 g/mol. The number of Topliss-reactive ketones (excluding diaryl/α,β-unsaturated/α-hetero) is 1. The van der Waals surface area contributed by atoms with E-state index in [2.05, 4.69) is 27.7 Å². The third-order valence-electron chi connectivity index (χ3n) is 9.64. The first-order chi connectivity index (χ1) is 11.4. The molecule has 1 heteroatoms. The van der Waals surface area contributed by atoms with Crippen LogP contribution < -0.4 is 0 Å². The smallest absolute Gasteiger partial charge is 0.136 e. The van der Waals surface area contributed by atoms with Crippen molar-refractivity contribution in [2.75, 3.05) is 0 Å². The predicted octanol–water partition coefficient (Wildman–Crippen LogP) is 6.26. The van der Waals surface area contributed by atoms with Crippen LogP contribution in [-0.2, 0) is 4.79 Å². The highest BCUT2D eigenvalue weighted by atomic mass is 16.1. The van der Waals surface area contributed by atoms with E-state index in [1.807, 2.05) is 0 Å². The first-order valence-corrected chi connectivity index (χ1v) is 10.9. The van der Waals surface area contributed by atoms with Crippen molar-refractivity contribution in [3.8, 4) is 0 Å². The van der Waals surface area contributed by atoms with Gasteiger partial charge in [-0.15, -0.1) is 0 Å². The Balaban J connectivity index is 1.60. The van der Waals surface area contributed by atoms with Gasteiger partial charge in [0.15, 0.2) is 0 Å². The fraction of sp³-hybridized carbons (Fsp3) is 0.957. The van der Waals surface area contributed by atoms with E-state index in [4.69, 9.17) is 0 Å². The largest absolute Gasteiger partial charge is 0.299 e. The molecule has 4 fully saturated rings. The average molecular weight is 331 g/mol. The molecule has 1 nitrogen and oxygen atoms in total. The molecule has 0 aromatic carbocycles. The average Bonchev–Trinajstić information content (AvgIpc) is 2.86. The van der Waals surface area contributed by atoms with Gasteiger partial charge in [0.05, 0.1) is 0 Å². The van der Waals surface area contributed by atoms with Crippen molar-refractivity contribution >= 4 is 5.78 Å². The molecule has 24 heavy (non-hydrogen) atoms. The third kappa shape index (κ3) is 2.28.